The second-order valence-corrected chi connectivity index (χ2v) is 8.27. The summed E-state index contributed by atoms with van der Waals surface area (Å²) in [4.78, 5) is 24.2. The van der Waals surface area contributed by atoms with Crippen molar-refractivity contribution in [2.75, 3.05) is 7.05 Å². The number of benzene rings is 1. The number of aromatic nitrogens is 2. The molecule has 1 aliphatic rings. The van der Waals surface area contributed by atoms with Crippen molar-refractivity contribution in [3.63, 3.8) is 0 Å². The Hall–Kier alpha value is -1.76. The summed E-state index contributed by atoms with van der Waals surface area (Å²) < 4.78 is 14.0. The maximum Gasteiger partial charge on any atom is 0.259 e. The van der Waals surface area contributed by atoms with Gasteiger partial charge in [0.05, 0.1) is 11.9 Å². The molecule has 0 amide bonds. The van der Waals surface area contributed by atoms with E-state index in [-0.39, 0.29) is 11.4 Å². The van der Waals surface area contributed by atoms with Crippen molar-refractivity contribution < 1.29 is 4.39 Å². The molecule has 1 aliphatic carbocycles. The highest BCUT2D eigenvalue weighted by atomic mass is 35.5. The van der Waals surface area contributed by atoms with Crippen LogP contribution >= 0.6 is 22.9 Å². The van der Waals surface area contributed by atoms with Gasteiger partial charge in [0.1, 0.15) is 16.5 Å². The summed E-state index contributed by atoms with van der Waals surface area (Å²) in [6.07, 6.45) is 4.31. The van der Waals surface area contributed by atoms with Crippen LogP contribution in [0.1, 0.15) is 34.7 Å². The Morgan fingerprint density at radius 3 is 2.92 bits per heavy atom. The number of halogens is 2. The second kappa shape index (κ2) is 7.10. The maximum absolute atomic E-state index is 14.0. The van der Waals surface area contributed by atoms with Gasteiger partial charge in [-0.05, 0) is 50.4 Å². The molecule has 26 heavy (non-hydrogen) atoms. The minimum Gasteiger partial charge on any atom is -0.309 e. The fraction of sp³-hybridized carbons (Fsp3) is 0.368. The number of thiophene rings is 1. The van der Waals surface area contributed by atoms with Gasteiger partial charge >= 0.3 is 0 Å². The summed E-state index contributed by atoms with van der Waals surface area (Å²) in [7, 11) is 1.85. The average molecular weight is 392 g/mol. The van der Waals surface area contributed by atoms with E-state index in [4.69, 9.17) is 11.6 Å². The van der Waals surface area contributed by atoms with Crippen LogP contribution in [0, 0.1) is 5.82 Å². The van der Waals surface area contributed by atoms with Crippen molar-refractivity contribution in [3.8, 4) is 0 Å². The fourth-order valence-electron chi connectivity index (χ4n) is 3.55. The predicted octanol–water partition coefficient (Wildman–Crippen LogP) is 4.29. The van der Waals surface area contributed by atoms with E-state index in [1.807, 2.05) is 11.9 Å². The lowest BCUT2D eigenvalue weighted by atomic mass is 9.97. The third-order valence-electron chi connectivity index (χ3n) is 4.78. The Morgan fingerprint density at radius 1 is 1.31 bits per heavy atom. The molecule has 4 nitrogen and oxygen atoms in total. The van der Waals surface area contributed by atoms with Crippen LogP contribution in [0.5, 0.6) is 0 Å². The fourth-order valence-corrected chi connectivity index (χ4v) is 5.05. The zero-order valence-electron chi connectivity index (χ0n) is 14.4. The third-order valence-corrected chi connectivity index (χ3v) is 6.32. The highest BCUT2D eigenvalue weighted by Crippen LogP contribution is 2.33. The lowest BCUT2D eigenvalue weighted by Gasteiger charge is -2.17. The first-order valence-electron chi connectivity index (χ1n) is 8.68. The van der Waals surface area contributed by atoms with E-state index in [0.29, 0.717) is 29.5 Å². The molecular formula is C19H19ClFN3OS. The van der Waals surface area contributed by atoms with Crippen molar-refractivity contribution in [2.45, 2.75) is 38.8 Å². The van der Waals surface area contributed by atoms with E-state index < -0.39 is 0 Å². The first-order chi connectivity index (χ1) is 12.5. The number of hydrogen-bond acceptors (Lipinski definition) is 4. The van der Waals surface area contributed by atoms with E-state index in [9.17, 15) is 9.18 Å². The molecule has 2 aromatic heterocycles. The summed E-state index contributed by atoms with van der Waals surface area (Å²) in [6, 6.07) is 4.67. The molecule has 3 aromatic rings. The molecule has 0 spiro atoms. The first-order valence-corrected chi connectivity index (χ1v) is 9.87. The second-order valence-electron chi connectivity index (χ2n) is 6.78. The maximum atomic E-state index is 14.0. The third kappa shape index (κ3) is 3.29. The molecule has 4 rings (SSSR count). The Morgan fingerprint density at radius 2 is 2.12 bits per heavy atom. The van der Waals surface area contributed by atoms with E-state index in [1.54, 1.807) is 23.5 Å². The van der Waals surface area contributed by atoms with Gasteiger partial charge in [-0.25, -0.2) is 9.37 Å². The van der Waals surface area contributed by atoms with Crippen LogP contribution in [-0.2, 0) is 25.9 Å². The minimum atomic E-state index is -0.327. The standard InChI is InChI=1S/C19H19ClFN3OS/c1-24(9-12-13(20)6-4-7-14(12)21)10-16-22-18(25)17-11-5-2-3-8-15(11)26-19(17)23-16/h4,6-7H,2-3,5,8-10H2,1H3,(H,22,23,25). The highest BCUT2D eigenvalue weighted by molar-refractivity contribution is 7.18. The largest absolute Gasteiger partial charge is 0.309 e. The minimum absolute atomic E-state index is 0.0678. The van der Waals surface area contributed by atoms with Crippen LogP contribution in [0.3, 0.4) is 0 Å². The molecular weight excluding hydrogens is 373 g/mol. The van der Waals surface area contributed by atoms with E-state index in [2.05, 4.69) is 9.97 Å². The lowest BCUT2D eigenvalue weighted by molar-refractivity contribution is 0.305. The number of H-pyrrole nitrogens is 1. The van der Waals surface area contributed by atoms with Gasteiger partial charge in [-0.3, -0.25) is 9.69 Å². The molecule has 0 aliphatic heterocycles. The highest BCUT2D eigenvalue weighted by Gasteiger charge is 2.20. The van der Waals surface area contributed by atoms with Crippen molar-refractivity contribution in [2.24, 2.45) is 0 Å². The molecule has 1 aromatic carbocycles. The number of nitrogens with one attached hydrogen (secondary N) is 1. The molecule has 0 atom stereocenters. The van der Waals surface area contributed by atoms with Crippen LogP contribution < -0.4 is 5.56 Å². The van der Waals surface area contributed by atoms with Gasteiger partial charge in [0.2, 0.25) is 0 Å². The van der Waals surface area contributed by atoms with Crippen LogP contribution in [0.15, 0.2) is 23.0 Å². The van der Waals surface area contributed by atoms with Gasteiger partial charge in [-0.15, -0.1) is 11.3 Å². The Bertz CT molecular complexity index is 1010. The molecule has 0 bridgehead atoms. The zero-order chi connectivity index (χ0) is 18.3. The molecule has 1 N–H and O–H groups in total. The summed E-state index contributed by atoms with van der Waals surface area (Å²) >= 11 is 7.73. The topological polar surface area (TPSA) is 49.0 Å². The van der Waals surface area contributed by atoms with Gasteiger partial charge in [0, 0.05) is 22.0 Å². The number of rotatable bonds is 4. The van der Waals surface area contributed by atoms with Gasteiger partial charge in [0.15, 0.2) is 0 Å². The SMILES string of the molecule is CN(Cc1nc2sc3c(c2c(=O)[nH]1)CCCC3)Cc1c(F)cccc1Cl. The number of aryl methyl sites for hydroxylation is 2. The summed E-state index contributed by atoms with van der Waals surface area (Å²) in [5, 5.41) is 1.16. The van der Waals surface area contributed by atoms with E-state index in [1.165, 1.54) is 22.9 Å². The first kappa shape index (κ1) is 17.6. The summed E-state index contributed by atoms with van der Waals surface area (Å²) in [6.45, 7) is 0.757. The van der Waals surface area contributed by atoms with Crippen LogP contribution in [0.4, 0.5) is 4.39 Å². The van der Waals surface area contributed by atoms with Gasteiger partial charge < -0.3 is 4.98 Å². The van der Waals surface area contributed by atoms with Crippen LogP contribution in [-0.4, -0.2) is 21.9 Å². The number of aromatic amines is 1. The van der Waals surface area contributed by atoms with Crippen LogP contribution in [0.25, 0.3) is 10.2 Å². The van der Waals surface area contributed by atoms with E-state index >= 15 is 0 Å². The van der Waals surface area contributed by atoms with Gasteiger partial charge in [-0.2, -0.15) is 0 Å². The number of fused-ring (bicyclic) bond motifs is 3. The number of hydrogen-bond donors (Lipinski definition) is 1. The number of nitrogens with zero attached hydrogens (tertiary/aromatic N) is 2. The lowest BCUT2D eigenvalue weighted by Crippen LogP contribution is -2.22. The molecule has 0 radical (unpaired) electrons. The molecule has 0 saturated carbocycles. The molecule has 0 fully saturated rings. The van der Waals surface area contributed by atoms with Gasteiger partial charge in [-0.1, -0.05) is 17.7 Å². The average Bonchev–Trinajstić information content (AvgIpc) is 2.97. The van der Waals surface area contributed by atoms with Crippen molar-refractivity contribution in [3.05, 3.63) is 61.2 Å². The Kier molecular flexibility index (Phi) is 4.82. The Balaban J connectivity index is 1.60. The zero-order valence-corrected chi connectivity index (χ0v) is 16.0. The smallest absolute Gasteiger partial charge is 0.259 e. The predicted molar refractivity (Wildman–Crippen MR) is 103 cm³/mol. The monoisotopic (exact) mass is 391 g/mol. The van der Waals surface area contributed by atoms with Crippen molar-refractivity contribution in [1.29, 1.82) is 0 Å². The molecule has 2 heterocycles. The van der Waals surface area contributed by atoms with Crippen molar-refractivity contribution in [1.82, 2.24) is 14.9 Å². The molecule has 0 unspecified atom stereocenters. The summed E-state index contributed by atoms with van der Waals surface area (Å²) in [5.41, 5.74) is 1.57. The van der Waals surface area contributed by atoms with E-state index in [0.717, 1.165) is 29.5 Å². The van der Waals surface area contributed by atoms with Crippen LogP contribution in [0.2, 0.25) is 5.02 Å². The molecule has 7 heteroatoms. The van der Waals surface area contributed by atoms with Gasteiger partial charge in [0.25, 0.3) is 5.56 Å². The quantitative estimate of drug-likeness (QED) is 0.721. The Labute approximate surface area is 159 Å². The summed E-state index contributed by atoms with van der Waals surface area (Å²) in [5.74, 6) is 0.267. The van der Waals surface area contributed by atoms with Crippen molar-refractivity contribution >= 4 is 33.2 Å². The molecule has 136 valence electrons. The normalized spacial score (nSPS) is 14.2. The molecule has 0 saturated heterocycles.